The van der Waals surface area contributed by atoms with E-state index in [0.717, 1.165) is 0 Å². The van der Waals surface area contributed by atoms with Gasteiger partial charge < -0.3 is 4.74 Å². The summed E-state index contributed by atoms with van der Waals surface area (Å²) in [7, 11) is 1.40. The van der Waals surface area contributed by atoms with E-state index in [4.69, 9.17) is 0 Å². The third-order valence-electron chi connectivity index (χ3n) is 0.653. The van der Waals surface area contributed by atoms with E-state index < -0.39 is 0 Å². The Hall–Kier alpha value is -1.10. The van der Waals surface area contributed by atoms with Crippen molar-refractivity contribution in [2.75, 3.05) is 13.7 Å². The lowest BCUT2D eigenvalue weighted by Crippen LogP contribution is -2.42. The summed E-state index contributed by atoms with van der Waals surface area (Å²) in [5.74, 6) is -0.692. The SMILES string of the molecule is CC.COCC(=O)NNC(C)=O. The largest absolute Gasteiger partial charge is 0.375 e. The lowest BCUT2D eigenvalue weighted by atomic mass is 10.7. The smallest absolute Gasteiger partial charge is 0.264 e. The second-order valence-corrected chi connectivity index (χ2v) is 1.66. The molecule has 0 bridgehead atoms. The van der Waals surface area contributed by atoms with E-state index in [1.54, 1.807) is 0 Å². The molecule has 0 atom stereocenters. The summed E-state index contributed by atoms with van der Waals surface area (Å²) in [4.78, 5) is 20.7. The second kappa shape index (κ2) is 9.90. The fourth-order valence-electron chi connectivity index (χ4n) is 0.325. The molecule has 5 heteroatoms. The molecular weight excluding hydrogens is 160 g/mol. The fraction of sp³-hybridized carbons (Fsp3) is 0.714. The van der Waals surface area contributed by atoms with Gasteiger partial charge in [0.25, 0.3) is 5.91 Å². The highest BCUT2D eigenvalue weighted by Gasteiger charge is 1.97. The summed E-state index contributed by atoms with van der Waals surface area (Å²) < 4.78 is 4.47. The average molecular weight is 176 g/mol. The molecule has 12 heavy (non-hydrogen) atoms. The predicted octanol–water partition coefficient (Wildman–Crippen LogP) is -0.174. The van der Waals surface area contributed by atoms with E-state index >= 15 is 0 Å². The average Bonchev–Trinajstić information content (AvgIpc) is 2.05. The van der Waals surface area contributed by atoms with Crippen molar-refractivity contribution >= 4 is 11.8 Å². The molecule has 0 unspecified atom stereocenters. The van der Waals surface area contributed by atoms with Crippen molar-refractivity contribution in [3.05, 3.63) is 0 Å². The third kappa shape index (κ3) is 11.7. The van der Waals surface area contributed by atoms with Crippen LogP contribution in [0.3, 0.4) is 0 Å². The molecule has 2 amide bonds. The summed E-state index contributed by atoms with van der Waals surface area (Å²) in [6.07, 6.45) is 0. The van der Waals surface area contributed by atoms with Crippen LogP contribution in [0.1, 0.15) is 20.8 Å². The summed E-state index contributed by atoms with van der Waals surface area (Å²) in [5.41, 5.74) is 4.23. The fourth-order valence-corrected chi connectivity index (χ4v) is 0.325. The van der Waals surface area contributed by atoms with Gasteiger partial charge in [-0.25, -0.2) is 0 Å². The molecule has 0 aromatic carbocycles. The molecule has 0 fully saturated rings. The number of carbonyl (C=O) groups excluding carboxylic acids is 2. The van der Waals surface area contributed by atoms with Crippen LogP contribution in [0.4, 0.5) is 0 Å². The number of hydrogen-bond acceptors (Lipinski definition) is 3. The number of rotatable bonds is 2. The van der Waals surface area contributed by atoms with Gasteiger partial charge in [0, 0.05) is 14.0 Å². The Labute approximate surface area is 72.4 Å². The van der Waals surface area contributed by atoms with Gasteiger partial charge in [-0.1, -0.05) is 13.8 Å². The van der Waals surface area contributed by atoms with Crippen LogP contribution in [-0.2, 0) is 14.3 Å². The molecule has 0 aromatic heterocycles. The minimum absolute atomic E-state index is 0.0553. The maximum Gasteiger partial charge on any atom is 0.264 e. The van der Waals surface area contributed by atoms with E-state index in [2.05, 4.69) is 15.6 Å². The zero-order chi connectivity index (χ0) is 9.98. The van der Waals surface area contributed by atoms with Gasteiger partial charge >= 0.3 is 0 Å². The summed E-state index contributed by atoms with van der Waals surface area (Å²) >= 11 is 0. The highest BCUT2D eigenvalue weighted by Crippen LogP contribution is 1.65. The molecule has 0 saturated carbocycles. The van der Waals surface area contributed by atoms with Gasteiger partial charge in [0.1, 0.15) is 6.61 Å². The van der Waals surface area contributed by atoms with Crippen molar-refractivity contribution in [1.29, 1.82) is 0 Å². The highest BCUT2D eigenvalue weighted by molar-refractivity contribution is 5.81. The monoisotopic (exact) mass is 176 g/mol. The Morgan fingerprint density at radius 2 is 1.75 bits per heavy atom. The van der Waals surface area contributed by atoms with Gasteiger partial charge in [-0.15, -0.1) is 0 Å². The first-order valence-electron chi connectivity index (χ1n) is 3.71. The number of carbonyl (C=O) groups is 2. The molecule has 0 aliphatic carbocycles. The Morgan fingerprint density at radius 3 is 2.08 bits per heavy atom. The number of ether oxygens (including phenoxy) is 1. The van der Waals surface area contributed by atoms with Crippen LogP contribution in [0.15, 0.2) is 0 Å². The van der Waals surface area contributed by atoms with Crippen LogP contribution < -0.4 is 10.9 Å². The van der Waals surface area contributed by atoms with E-state index in [1.165, 1.54) is 14.0 Å². The molecule has 0 rings (SSSR count). The normalized spacial score (nSPS) is 7.67. The van der Waals surface area contributed by atoms with Crippen LogP contribution in [0.25, 0.3) is 0 Å². The first kappa shape index (κ1) is 13.5. The van der Waals surface area contributed by atoms with Crippen LogP contribution in [0.5, 0.6) is 0 Å². The van der Waals surface area contributed by atoms with Crippen LogP contribution >= 0.6 is 0 Å². The van der Waals surface area contributed by atoms with Gasteiger partial charge in [0.15, 0.2) is 0 Å². The van der Waals surface area contributed by atoms with Gasteiger partial charge in [-0.05, 0) is 0 Å². The van der Waals surface area contributed by atoms with Crippen molar-refractivity contribution in [1.82, 2.24) is 10.9 Å². The number of nitrogens with one attached hydrogen (secondary N) is 2. The second-order valence-electron chi connectivity index (χ2n) is 1.66. The molecular formula is C7H16N2O3. The Balaban J connectivity index is 0. The molecule has 0 radical (unpaired) electrons. The highest BCUT2D eigenvalue weighted by atomic mass is 16.5. The molecule has 0 spiro atoms. The summed E-state index contributed by atoms with van der Waals surface area (Å²) in [6.45, 7) is 5.24. The van der Waals surface area contributed by atoms with Gasteiger partial charge in [-0.2, -0.15) is 0 Å². The number of amides is 2. The van der Waals surface area contributed by atoms with E-state index in [0.29, 0.717) is 0 Å². The lowest BCUT2D eigenvalue weighted by molar-refractivity contribution is -0.130. The van der Waals surface area contributed by atoms with E-state index in [1.807, 2.05) is 13.8 Å². The topological polar surface area (TPSA) is 67.4 Å². The lowest BCUT2D eigenvalue weighted by Gasteiger charge is -2.02. The molecule has 0 aliphatic heterocycles. The van der Waals surface area contributed by atoms with Crippen molar-refractivity contribution in [3.63, 3.8) is 0 Å². The van der Waals surface area contributed by atoms with Crippen molar-refractivity contribution in [3.8, 4) is 0 Å². The molecule has 5 nitrogen and oxygen atoms in total. The van der Waals surface area contributed by atoms with Crippen molar-refractivity contribution in [2.24, 2.45) is 0 Å². The molecule has 0 aliphatic rings. The summed E-state index contributed by atoms with van der Waals surface area (Å²) in [6, 6.07) is 0. The van der Waals surface area contributed by atoms with Crippen molar-refractivity contribution < 1.29 is 14.3 Å². The van der Waals surface area contributed by atoms with Gasteiger partial charge in [0.2, 0.25) is 5.91 Å². The number of hydrazine groups is 1. The Bertz CT molecular complexity index is 137. The van der Waals surface area contributed by atoms with Crippen LogP contribution in [-0.4, -0.2) is 25.5 Å². The third-order valence-corrected chi connectivity index (χ3v) is 0.653. The molecule has 0 aromatic rings. The molecule has 72 valence electrons. The van der Waals surface area contributed by atoms with Gasteiger partial charge in [-0.3, -0.25) is 20.4 Å². The Morgan fingerprint density at radius 1 is 1.25 bits per heavy atom. The van der Waals surface area contributed by atoms with Crippen LogP contribution in [0.2, 0.25) is 0 Å². The van der Waals surface area contributed by atoms with E-state index in [-0.39, 0.29) is 18.4 Å². The molecule has 0 heterocycles. The van der Waals surface area contributed by atoms with Crippen molar-refractivity contribution in [2.45, 2.75) is 20.8 Å². The quantitative estimate of drug-likeness (QED) is 0.574. The van der Waals surface area contributed by atoms with E-state index in [9.17, 15) is 9.59 Å². The number of hydrogen-bond donors (Lipinski definition) is 2. The van der Waals surface area contributed by atoms with Crippen LogP contribution in [0, 0.1) is 0 Å². The first-order chi connectivity index (χ1) is 5.66. The minimum Gasteiger partial charge on any atom is -0.375 e. The zero-order valence-corrected chi connectivity index (χ0v) is 7.93. The first-order valence-corrected chi connectivity index (χ1v) is 3.71. The maximum atomic E-state index is 10.5. The standard InChI is InChI=1S/C5H10N2O3.C2H6/c1-4(8)6-7-5(9)3-10-2;1-2/h3H2,1-2H3,(H,6,8)(H,7,9);1-2H3. The summed E-state index contributed by atoms with van der Waals surface area (Å²) in [5, 5.41) is 0. The van der Waals surface area contributed by atoms with Gasteiger partial charge in [0.05, 0.1) is 0 Å². The Kier molecular flexibility index (Phi) is 11.1. The number of methoxy groups -OCH3 is 1. The molecule has 2 N–H and O–H groups in total. The predicted molar refractivity (Wildman–Crippen MR) is 45.2 cm³/mol. The maximum absolute atomic E-state index is 10.5. The molecule has 0 saturated heterocycles. The minimum atomic E-state index is -0.377. The zero-order valence-electron chi connectivity index (χ0n) is 7.93.